The van der Waals surface area contributed by atoms with E-state index >= 15 is 0 Å². The Bertz CT molecular complexity index is 762. The van der Waals surface area contributed by atoms with Crippen molar-refractivity contribution >= 4 is 23.6 Å². The van der Waals surface area contributed by atoms with Gasteiger partial charge >= 0.3 is 0 Å². The average molecular weight is 569 g/mol. The maximum atomic E-state index is 12.6. The van der Waals surface area contributed by atoms with Crippen LogP contribution < -0.4 is 31.9 Å². The largest absolute Gasteiger partial charge is 0.377 e. The lowest BCUT2D eigenvalue weighted by molar-refractivity contribution is -0.128. The van der Waals surface area contributed by atoms with Gasteiger partial charge in [0.2, 0.25) is 23.6 Å². The van der Waals surface area contributed by atoms with E-state index in [9.17, 15) is 19.2 Å². The molecule has 2 aliphatic rings. The summed E-state index contributed by atoms with van der Waals surface area (Å²) in [6.45, 7) is 6.70. The van der Waals surface area contributed by atoms with E-state index in [0.717, 1.165) is 51.1 Å². The molecule has 0 aromatic heterocycles. The van der Waals surface area contributed by atoms with Crippen molar-refractivity contribution in [2.45, 2.75) is 102 Å². The van der Waals surface area contributed by atoms with Crippen LogP contribution in [0.15, 0.2) is 0 Å². The van der Waals surface area contributed by atoms with Crippen molar-refractivity contribution in [2.24, 2.45) is 0 Å². The summed E-state index contributed by atoms with van der Waals surface area (Å²) in [7, 11) is 0. The van der Waals surface area contributed by atoms with Gasteiger partial charge in [0.15, 0.2) is 0 Å². The van der Waals surface area contributed by atoms with E-state index < -0.39 is 6.04 Å². The minimum atomic E-state index is -0.614. The zero-order chi connectivity index (χ0) is 29.0. The van der Waals surface area contributed by atoms with Gasteiger partial charge in [0.25, 0.3) is 0 Å². The van der Waals surface area contributed by atoms with Crippen molar-refractivity contribution in [3.05, 3.63) is 0 Å². The first-order valence-electron chi connectivity index (χ1n) is 15.1. The Balaban J connectivity index is 1.45. The number of ether oxygens (including phenoxy) is 2. The molecule has 4 amide bonds. The van der Waals surface area contributed by atoms with E-state index in [2.05, 4.69) is 31.9 Å². The highest BCUT2D eigenvalue weighted by Crippen LogP contribution is 2.21. The summed E-state index contributed by atoms with van der Waals surface area (Å²) in [6.07, 6.45) is 9.78. The molecule has 2 saturated carbocycles. The Morgan fingerprint density at radius 1 is 0.625 bits per heavy atom. The molecule has 6 N–H and O–H groups in total. The summed E-state index contributed by atoms with van der Waals surface area (Å²) in [4.78, 5) is 47.4. The van der Waals surface area contributed by atoms with Crippen molar-refractivity contribution in [3.8, 4) is 0 Å². The highest BCUT2D eigenvalue weighted by molar-refractivity contribution is 5.86. The highest BCUT2D eigenvalue weighted by Gasteiger charge is 2.28. The van der Waals surface area contributed by atoms with Crippen molar-refractivity contribution in [3.63, 3.8) is 0 Å². The number of amides is 4. The molecule has 2 aliphatic carbocycles. The van der Waals surface area contributed by atoms with Gasteiger partial charge in [-0.15, -0.1) is 0 Å². The number of hydrogen-bond acceptors (Lipinski definition) is 8. The van der Waals surface area contributed by atoms with Gasteiger partial charge in [-0.3, -0.25) is 19.2 Å². The van der Waals surface area contributed by atoms with Gasteiger partial charge in [-0.25, -0.2) is 0 Å². The monoisotopic (exact) mass is 568 g/mol. The Labute approximate surface area is 239 Å². The Morgan fingerprint density at radius 2 is 1.18 bits per heavy atom. The molecule has 0 heterocycles. The molecule has 2 unspecified atom stereocenters. The fraction of sp³-hybridized carbons (Fsp3) is 0.857. The highest BCUT2D eigenvalue weighted by atomic mass is 16.5. The summed E-state index contributed by atoms with van der Waals surface area (Å²) >= 11 is 0. The molecular formula is C28H52N6O6. The van der Waals surface area contributed by atoms with Crippen molar-refractivity contribution in [1.29, 1.82) is 0 Å². The Morgan fingerprint density at radius 3 is 1.73 bits per heavy atom. The zero-order valence-electron chi connectivity index (χ0n) is 24.5. The van der Waals surface area contributed by atoms with E-state index in [-0.39, 0.29) is 29.7 Å². The quantitative estimate of drug-likeness (QED) is 0.0847. The smallest absolute Gasteiger partial charge is 0.242 e. The van der Waals surface area contributed by atoms with E-state index in [1.54, 1.807) is 0 Å². The maximum Gasteiger partial charge on any atom is 0.242 e. The lowest BCUT2D eigenvalue weighted by Gasteiger charge is -2.18. The summed E-state index contributed by atoms with van der Waals surface area (Å²) in [5.74, 6) is -0.563. The Kier molecular flexibility index (Phi) is 17.4. The van der Waals surface area contributed by atoms with Crippen LogP contribution in [0.5, 0.6) is 0 Å². The fourth-order valence-corrected chi connectivity index (χ4v) is 4.20. The number of unbranched alkanes of at least 4 members (excludes halogenated alkanes) is 2. The summed E-state index contributed by atoms with van der Waals surface area (Å²) in [6, 6.07) is 0.460. The molecule has 0 spiro atoms. The standard InChI is InChI=1S/C28H52N6O6/c1-21(35)29-13-5-3-7-25(33-22(2)36)27(37)31-15-17-39-19-20-40-18-16-32-28(38)26(34-24-11-12-24)8-4-6-14-30-23-9-10-23/h23-26,30,34H,3-20H2,1-2H3,(H,29,35)(H,31,37)(H,32,38)(H,33,36). The third kappa shape index (κ3) is 18.1. The minimum absolute atomic E-state index is 0.0444. The number of hydrogen-bond donors (Lipinski definition) is 6. The SMILES string of the molecule is CC(=O)NCCCCC(NC(C)=O)C(=O)NCCOCCOCCNC(=O)C(CCCCNC1CC1)NC1CC1. The molecule has 2 fully saturated rings. The molecule has 12 heteroatoms. The third-order valence-corrected chi connectivity index (χ3v) is 6.71. The molecular weight excluding hydrogens is 516 g/mol. The number of carbonyl (C=O) groups is 4. The number of nitrogens with one attached hydrogen (secondary N) is 6. The first kappa shape index (κ1) is 33.9. The normalized spacial score (nSPS) is 16.1. The Hall–Kier alpha value is -2.28. The molecule has 2 rings (SSSR count). The van der Waals surface area contributed by atoms with Crippen LogP contribution in [0.1, 0.15) is 78.1 Å². The van der Waals surface area contributed by atoms with Crippen LogP contribution in [0.4, 0.5) is 0 Å². The van der Waals surface area contributed by atoms with Crippen LogP contribution in [-0.4, -0.2) is 100 Å². The minimum Gasteiger partial charge on any atom is -0.377 e. The topological polar surface area (TPSA) is 159 Å². The van der Waals surface area contributed by atoms with Crippen LogP contribution in [0.3, 0.4) is 0 Å². The lowest BCUT2D eigenvalue weighted by Crippen LogP contribution is -2.46. The predicted molar refractivity (Wildman–Crippen MR) is 153 cm³/mol. The predicted octanol–water partition coefficient (Wildman–Crippen LogP) is 0.106. The average Bonchev–Trinajstić information content (AvgIpc) is 3.83. The maximum absolute atomic E-state index is 12.6. The fourth-order valence-electron chi connectivity index (χ4n) is 4.20. The van der Waals surface area contributed by atoms with Crippen molar-refractivity contribution in [1.82, 2.24) is 31.9 Å². The third-order valence-electron chi connectivity index (χ3n) is 6.71. The molecule has 0 aromatic rings. The van der Waals surface area contributed by atoms with E-state index in [4.69, 9.17) is 9.47 Å². The number of carbonyl (C=O) groups excluding carboxylic acids is 4. The summed E-state index contributed by atoms with van der Waals surface area (Å²) in [5.41, 5.74) is 0. The second kappa shape index (κ2) is 20.6. The summed E-state index contributed by atoms with van der Waals surface area (Å²) in [5, 5.41) is 18.1. The first-order valence-corrected chi connectivity index (χ1v) is 15.1. The molecule has 0 radical (unpaired) electrons. The van der Waals surface area contributed by atoms with Gasteiger partial charge in [0.05, 0.1) is 32.5 Å². The van der Waals surface area contributed by atoms with Gasteiger partial charge in [-0.1, -0.05) is 6.42 Å². The molecule has 0 bridgehead atoms. The molecule has 12 nitrogen and oxygen atoms in total. The molecule has 230 valence electrons. The van der Waals surface area contributed by atoms with Gasteiger partial charge in [-0.2, -0.15) is 0 Å². The molecule has 0 aliphatic heterocycles. The van der Waals surface area contributed by atoms with Crippen LogP contribution >= 0.6 is 0 Å². The zero-order valence-corrected chi connectivity index (χ0v) is 24.5. The van der Waals surface area contributed by atoms with Gasteiger partial charge in [0.1, 0.15) is 6.04 Å². The molecule has 0 aromatic carbocycles. The summed E-state index contributed by atoms with van der Waals surface area (Å²) < 4.78 is 11.1. The molecule has 0 saturated heterocycles. The van der Waals surface area contributed by atoms with E-state index in [1.165, 1.54) is 26.7 Å². The van der Waals surface area contributed by atoms with Crippen LogP contribution in [0.25, 0.3) is 0 Å². The molecule has 40 heavy (non-hydrogen) atoms. The second-order valence-corrected chi connectivity index (χ2v) is 10.8. The van der Waals surface area contributed by atoms with Crippen molar-refractivity contribution < 1.29 is 28.7 Å². The van der Waals surface area contributed by atoms with Crippen LogP contribution in [0, 0.1) is 0 Å². The second-order valence-electron chi connectivity index (χ2n) is 10.8. The molecule has 2 atom stereocenters. The van der Waals surface area contributed by atoms with Crippen molar-refractivity contribution in [2.75, 3.05) is 52.6 Å². The van der Waals surface area contributed by atoms with E-state index in [1.807, 2.05) is 0 Å². The van der Waals surface area contributed by atoms with Crippen LogP contribution in [-0.2, 0) is 28.7 Å². The van der Waals surface area contributed by atoms with Gasteiger partial charge < -0.3 is 41.4 Å². The van der Waals surface area contributed by atoms with Crippen LogP contribution in [0.2, 0.25) is 0 Å². The van der Waals surface area contributed by atoms with Gasteiger partial charge in [-0.05, 0) is 64.3 Å². The van der Waals surface area contributed by atoms with E-state index in [0.29, 0.717) is 64.9 Å². The van der Waals surface area contributed by atoms with Gasteiger partial charge in [0, 0.05) is 45.6 Å². The lowest BCUT2D eigenvalue weighted by atomic mass is 10.1. The first-order chi connectivity index (χ1) is 19.3. The number of rotatable bonds is 25.